The summed E-state index contributed by atoms with van der Waals surface area (Å²) in [6.45, 7) is 5.31. The molecule has 1 aliphatic rings. The Kier molecular flexibility index (Phi) is 3.45. The normalized spacial score (nSPS) is 16.0. The zero-order valence-electron chi connectivity index (χ0n) is 10.6. The Hall–Kier alpha value is -1.51. The molecule has 7 nitrogen and oxygen atoms in total. The molecule has 0 spiro atoms. The average molecular weight is 281 g/mol. The fraction of sp³-hybridized carbons (Fsp3) is 0.545. The van der Waals surface area contributed by atoms with Crippen molar-refractivity contribution in [2.45, 2.75) is 13.5 Å². The number of nitrogens with zero attached hydrogens (tertiary/aromatic N) is 4. The van der Waals surface area contributed by atoms with Crippen LogP contribution in [0.25, 0.3) is 10.8 Å². The molecule has 2 aromatic rings. The van der Waals surface area contributed by atoms with Gasteiger partial charge in [0, 0.05) is 19.6 Å². The predicted molar refractivity (Wildman–Crippen MR) is 71.1 cm³/mol. The molecule has 0 bridgehead atoms. The summed E-state index contributed by atoms with van der Waals surface area (Å²) in [5.41, 5.74) is 6.47. The number of aromatic nitrogens is 3. The van der Waals surface area contributed by atoms with Gasteiger partial charge in [0.1, 0.15) is 9.88 Å². The number of morpholine rings is 1. The molecule has 3 heterocycles. The number of ether oxygens (including phenoxy) is 1. The number of aryl methyl sites for hydroxylation is 1. The first-order valence-electron chi connectivity index (χ1n) is 6.11. The van der Waals surface area contributed by atoms with E-state index in [2.05, 4.69) is 20.0 Å². The second-order valence-electron chi connectivity index (χ2n) is 4.23. The van der Waals surface area contributed by atoms with E-state index in [0.29, 0.717) is 31.6 Å². The molecule has 2 N–H and O–H groups in total. The third kappa shape index (κ3) is 2.46. The molecule has 0 atom stereocenters. The van der Waals surface area contributed by atoms with Gasteiger partial charge in [-0.1, -0.05) is 0 Å². The summed E-state index contributed by atoms with van der Waals surface area (Å²) in [7, 11) is 0. The molecule has 0 unspecified atom stereocenters. The van der Waals surface area contributed by atoms with Crippen LogP contribution >= 0.6 is 11.3 Å². The number of hydrogen-bond acceptors (Lipinski definition) is 8. The summed E-state index contributed by atoms with van der Waals surface area (Å²) in [5, 5.41) is 4.90. The first-order chi connectivity index (χ1) is 9.28. The van der Waals surface area contributed by atoms with Crippen molar-refractivity contribution in [2.24, 2.45) is 5.73 Å². The van der Waals surface area contributed by atoms with Gasteiger partial charge in [0.25, 0.3) is 11.8 Å². The Labute approximate surface area is 114 Å². The number of anilines is 1. The molecule has 19 heavy (non-hydrogen) atoms. The van der Waals surface area contributed by atoms with Gasteiger partial charge in [-0.25, -0.2) is 4.98 Å². The summed E-state index contributed by atoms with van der Waals surface area (Å²) in [6, 6.07) is 0. The number of nitrogens with two attached hydrogens (primary N) is 1. The minimum absolute atomic E-state index is 0.427. The second kappa shape index (κ2) is 5.24. The van der Waals surface area contributed by atoms with Crippen LogP contribution in [0.2, 0.25) is 0 Å². The van der Waals surface area contributed by atoms with Crippen LogP contribution in [-0.2, 0) is 11.3 Å². The quantitative estimate of drug-likeness (QED) is 0.889. The smallest absolute Gasteiger partial charge is 0.271 e. The minimum atomic E-state index is 0.427. The van der Waals surface area contributed by atoms with Crippen LogP contribution in [0.1, 0.15) is 10.7 Å². The highest BCUT2D eigenvalue weighted by atomic mass is 32.1. The molecule has 8 heteroatoms. The van der Waals surface area contributed by atoms with E-state index in [1.807, 2.05) is 6.92 Å². The molecule has 0 saturated carbocycles. The van der Waals surface area contributed by atoms with Crippen LogP contribution in [0.3, 0.4) is 0 Å². The topological polar surface area (TPSA) is 90.3 Å². The molecule has 0 aromatic carbocycles. The Morgan fingerprint density at radius 3 is 2.79 bits per heavy atom. The fourth-order valence-corrected chi connectivity index (χ4v) is 2.80. The van der Waals surface area contributed by atoms with Gasteiger partial charge in [-0.3, -0.25) is 0 Å². The van der Waals surface area contributed by atoms with Crippen LogP contribution in [0.5, 0.6) is 0 Å². The highest BCUT2D eigenvalue weighted by Crippen LogP contribution is 2.29. The Balaban J connectivity index is 1.85. The lowest BCUT2D eigenvalue weighted by Gasteiger charge is -2.24. The molecule has 1 aliphatic heterocycles. The van der Waals surface area contributed by atoms with Crippen molar-refractivity contribution in [1.82, 2.24) is 15.1 Å². The van der Waals surface area contributed by atoms with Crippen LogP contribution in [0.15, 0.2) is 4.52 Å². The molecular weight excluding hydrogens is 266 g/mol. The lowest BCUT2D eigenvalue weighted by molar-refractivity contribution is 0.121. The zero-order chi connectivity index (χ0) is 13.2. The molecule has 0 aliphatic carbocycles. The first kappa shape index (κ1) is 12.5. The molecule has 2 aromatic heterocycles. The standard InChI is InChI=1S/C11H15N5O2S/c1-7-9(19-8(6-12)13-7)10-14-11(15-18-10)16-2-4-17-5-3-16/h2-6,12H2,1H3. The molecule has 0 amide bonds. The van der Waals surface area contributed by atoms with Crippen LogP contribution in [0, 0.1) is 6.92 Å². The van der Waals surface area contributed by atoms with Crippen molar-refractivity contribution in [3.05, 3.63) is 10.7 Å². The fourth-order valence-electron chi connectivity index (χ4n) is 1.94. The summed E-state index contributed by atoms with van der Waals surface area (Å²) < 4.78 is 10.6. The third-order valence-electron chi connectivity index (χ3n) is 2.92. The Bertz CT molecular complexity index is 561. The SMILES string of the molecule is Cc1nc(CN)sc1-c1nc(N2CCOCC2)no1. The molecule has 0 radical (unpaired) electrons. The van der Waals surface area contributed by atoms with E-state index in [9.17, 15) is 0 Å². The highest BCUT2D eigenvalue weighted by Gasteiger charge is 2.20. The van der Waals surface area contributed by atoms with E-state index in [4.69, 9.17) is 15.0 Å². The number of thiazole rings is 1. The third-order valence-corrected chi connectivity index (χ3v) is 4.09. The van der Waals surface area contributed by atoms with Gasteiger partial charge in [-0.05, 0) is 12.1 Å². The summed E-state index contributed by atoms with van der Waals surface area (Å²) in [6.07, 6.45) is 0. The van der Waals surface area contributed by atoms with Crippen LogP contribution in [-0.4, -0.2) is 41.4 Å². The zero-order valence-corrected chi connectivity index (χ0v) is 11.4. The van der Waals surface area contributed by atoms with Gasteiger partial charge in [0.15, 0.2) is 0 Å². The van der Waals surface area contributed by atoms with Gasteiger partial charge >= 0.3 is 0 Å². The molecule has 102 valence electrons. The van der Waals surface area contributed by atoms with E-state index in [1.165, 1.54) is 11.3 Å². The summed E-state index contributed by atoms with van der Waals surface area (Å²) >= 11 is 1.50. The van der Waals surface area contributed by atoms with Gasteiger partial charge in [0.2, 0.25) is 0 Å². The maximum Gasteiger partial charge on any atom is 0.271 e. The van der Waals surface area contributed by atoms with E-state index >= 15 is 0 Å². The largest absolute Gasteiger partial charge is 0.378 e. The van der Waals surface area contributed by atoms with Crippen molar-refractivity contribution in [3.8, 4) is 10.8 Å². The number of rotatable bonds is 3. The van der Waals surface area contributed by atoms with Crippen molar-refractivity contribution < 1.29 is 9.26 Å². The number of hydrogen-bond donors (Lipinski definition) is 1. The monoisotopic (exact) mass is 281 g/mol. The van der Waals surface area contributed by atoms with Crippen LogP contribution < -0.4 is 10.6 Å². The maximum absolute atomic E-state index is 5.59. The predicted octanol–water partition coefficient (Wildman–Crippen LogP) is 0.797. The van der Waals surface area contributed by atoms with Gasteiger partial charge in [-0.15, -0.1) is 11.3 Å². The van der Waals surface area contributed by atoms with Crippen molar-refractivity contribution in [2.75, 3.05) is 31.2 Å². The van der Waals surface area contributed by atoms with Gasteiger partial charge in [0.05, 0.1) is 18.9 Å². The average Bonchev–Trinajstić information content (AvgIpc) is 3.06. The molecule has 1 fully saturated rings. The Morgan fingerprint density at radius 2 is 2.11 bits per heavy atom. The molecular formula is C11H15N5O2S. The summed E-state index contributed by atoms with van der Waals surface area (Å²) in [5.74, 6) is 1.12. The van der Waals surface area contributed by atoms with Crippen molar-refractivity contribution in [3.63, 3.8) is 0 Å². The maximum atomic E-state index is 5.59. The lowest BCUT2D eigenvalue weighted by atomic mass is 10.4. The van der Waals surface area contributed by atoms with Crippen LogP contribution in [0.4, 0.5) is 5.95 Å². The van der Waals surface area contributed by atoms with Gasteiger partial charge < -0.3 is 19.9 Å². The Morgan fingerprint density at radius 1 is 1.32 bits per heavy atom. The lowest BCUT2D eigenvalue weighted by Crippen LogP contribution is -2.36. The van der Waals surface area contributed by atoms with Crippen molar-refractivity contribution in [1.29, 1.82) is 0 Å². The summed E-state index contributed by atoms with van der Waals surface area (Å²) in [4.78, 5) is 11.7. The highest BCUT2D eigenvalue weighted by molar-refractivity contribution is 7.15. The second-order valence-corrected chi connectivity index (χ2v) is 5.31. The molecule has 3 rings (SSSR count). The van der Waals surface area contributed by atoms with E-state index in [1.54, 1.807) is 0 Å². The van der Waals surface area contributed by atoms with Gasteiger partial charge in [-0.2, -0.15) is 4.98 Å². The molecule has 1 saturated heterocycles. The first-order valence-corrected chi connectivity index (χ1v) is 6.92. The van der Waals surface area contributed by atoms with E-state index in [0.717, 1.165) is 28.7 Å². The van der Waals surface area contributed by atoms with E-state index < -0.39 is 0 Å². The van der Waals surface area contributed by atoms with E-state index in [-0.39, 0.29) is 0 Å². The minimum Gasteiger partial charge on any atom is -0.378 e. The van der Waals surface area contributed by atoms with Crippen molar-refractivity contribution >= 4 is 17.3 Å².